The number of rotatable bonds is 5. The van der Waals surface area contributed by atoms with E-state index < -0.39 is 11.4 Å². The maximum atomic E-state index is 13.1. The standard InChI is InChI=1S/C13H18FN3O/c1-17(11-4-2-3-10(14)7-11)8-13(16,12(15)18)9-5-6-9/h2-4,7,9H,5-6,8,16H2,1H3,(H2,15,18). The Bertz CT molecular complexity index is 461. The zero-order chi connectivity index (χ0) is 13.3. The first-order chi connectivity index (χ1) is 8.43. The van der Waals surface area contributed by atoms with E-state index in [2.05, 4.69) is 0 Å². The van der Waals surface area contributed by atoms with Gasteiger partial charge in [0.2, 0.25) is 5.91 Å². The second-order valence-electron chi connectivity index (χ2n) is 5.01. The van der Waals surface area contributed by atoms with E-state index in [-0.39, 0.29) is 11.7 Å². The van der Waals surface area contributed by atoms with Gasteiger partial charge in [-0.15, -0.1) is 0 Å². The number of primary amides is 1. The molecule has 0 heterocycles. The molecule has 1 fully saturated rings. The minimum atomic E-state index is -1.03. The smallest absolute Gasteiger partial charge is 0.239 e. The fourth-order valence-corrected chi connectivity index (χ4v) is 2.20. The number of nitrogens with zero attached hydrogens (tertiary/aromatic N) is 1. The minimum absolute atomic E-state index is 0.144. The number of hydrogen-bond acceptors (Lipinski definition) is 3. The lowest BCUT2D eigenvalue weighted by molar-refractivity contribution is -0.123. The summed E-state index contributed by atoms with van der Waals surface area (Å²) in [5, 5.41) is 0. The van der Waals surface area contributed by atoms with Crippen molar-refractivity contribution in [3.63, 3.8) is 0 Å². The van der Waals surface area contributed by atoms with E-state index in [1.807, 2.05) is 0 Å². The van der Waals surface area contributed by atoms with Crippen molar-refractivity contribution in [3.8, 4) is 0 Å². The van der Waals surface area contributed by atoms with Gasteiger partial charge in [-0.3, -0.25) is 4.79 Å². The van der Waals surface area contributed by atoms with E-state index >= 15 is 0 Å². The summed E-state index contributed by atoms with van der Waals surface area (Å²) >= 11 is 0. The SMILES string of the molecule is CN(CC(N)(C(N)=O)C1CC1)c1cccc(F)c1. The van der Waals surface area contributed by atoms with Crippen molar-refractivity contribution in [1.29, 1.82) is 0 Å². The number of anilines is 1. The first-order valence-corrected chi connectivity index (χ1v) is 5.99. The zero-order valence-corrected chi connectivity index (χ0v) is 10.4. The molecule has 0 aromatic heterocycles. The van der Waals surface area contributed by atoms with E-state index in [0.29, 0.717) is 12.2 Å². The van der Waals surface area contributed by atoms with Crippen molar-refractivity contribution in [1.82, 2.24) is 0 Å². The molecule has 0 radical (unpaired) electrons. The molecule has 0 saturated heterocycles. The van der Waals surface area contributed by atoms with Crippen molar-refractivity contribution in [3.05, 3.63) is 30.1 Å². The third kappa shape index (κ3) is 2.46. The van der Waals surface area contributed by atoms with Crippen LogP contribution >= 0.6 is 0 Å². The Balaban J connectivity index is 2.14. The highest BCUT2D eigenvalue weighted by molar-refractivity contribution is 5.86. The molecule has 4 nitrogen and oxygen atoms in total. The summed E-state index contributed by atoms with van der Waals surface area (Å²) in [5.74, 6) is -0.660. The molecular weight excluding hydrogens is 233 g/mol. The predicted molar refractivity (Wildman–Crippen MR) is 68.5 cm³/mol. The van der Waals surface area contributed by atoms with Gasteiger partial charge in [0.1, 0.15) is 11.4 Å². The first-order valence-electron chi connectivity index (χ1n) is 5.99. The van der Waals surface area contributed by atoms with Gasteiger partial charge in [-0.1, -0.05) is 6.07 Å². The second kappa shape index (κ2) is 4.57. The number of likely N-dealkylation sites (N-methyl/N-ethyl adjacent to an activating group) is 1. The summed E-state index contributed by atoms with van der Waals surface area (Å²) in [6.07, 6.45) is 1.85. The van der Waals surface area contributed by atoms with E-state index in [4.69, 9.17) is 11.5 Å². The maximum absolute atomic E-state index is 13.1. The molecule has 0 spiro atoms. The van der Waals surface area contributed by atoms with Crippen molar-refractivity contribution < 1.29 is 9.18 Å². The Hall–Kier alpha value is -1.62. The topological polar surface area (TPSA) is 72.3 Å². The summed E-state index contributed by atoms with van der Waals surface area (Å²) < 4.78 is 13.1. The van der Waals surface area contributed by atoms with Crippen LogP contribution < -0.4 is 16.4 Å². The number of carbonyl (C=O) groups is 1. The summed E-state index contributed by atoms with van der Waals surface area (Å²) in [5.41, 5.74) is 11.2. The highest BCUT2D eigenvalue weighted by Crippen LogP contribution is 2.39. The molecule has 98 valence electrons. The summed E-state index contributed by atoms with van der Waals surface area (Å²) in [6.45, 7) is 0.302. The molecule has 1 atom stereocenters. The van der Waals surface area contributed by atoms with E-state index in [1.165, 1.54) is 12.1 Å². The van der Waals surface area contributed by atoms with Crippen molar-refractivity contribution in [2.45, 2.75) is 18.4 Å². The fraction of sp³-hybridized carbons (Fsp3) is 0.462. The van der Waals surface area contributed by atoms with Gasteiger partial charge < -0.3 is 16.4 Å². The summed E-state index contributed by atoms with van der Waals surface area (Å²) in [4.78, 5) is 13.3. The molecule has 4 N–H and O–H groups in total. The van der Waals surface area contributed by atoms with Crippen LogP contribution in [0, 0.1) is 11.7 Å². The molecule has 1 aliphatic carbocycles. The quantitative estimate of drug-likeness (QED) is 0.815. The van der Waals surface area contributed by atoms with Gasteiger partial charge in [0.15, 0.2) is 0 Å². The van der Waals surface area contributed by atoms with Crippen LogP contribution in [0.1, 0.15) is 12.8 Å². The van der Waals surface area contributed by atoms with Gasteiger partial charge in [-0.05, 0) is 37.0 Å². The maximum Gasteiger partial charge on any atom is 0.239 e. The zero-order valence-electron chi connectivity index (χ0n) is 10.4. The van der Waals surface area contributed by atoms with Crippen molar-refractivity contribution in [2.24, 2.45) is 17.4 Å². The van der Waals surface area contributed by atoms with Crippen LogP contribution in [0.15, 0.2) is 24.3 Å². The van der Waals surface area contributed by atoms with Crippen molar-refractivity contribution in [2.75, 3.05) is 18.5 Å². The Morgan fingerprint density at radius 2 is 2.22 bits per heavy atom. The van der Waals surface area contributed by atoms with E-state index in [0.717, 1.165) is 12.8 Å². The Kier molecular flexibility index (Phi) is 3.26. The number of hydrogen-bond donors (Lipinski definition) is 2. The summed E-state index contributed by atoms with van der Waals surface area (Å²) in [6, 6.07) is 6.19. The number of nitrogens with two attached hydrogens (primary N) is 2. The van der Waals surface area contributed by atoms with Crippen LogP contribution in [-0.2, 0) is 4.79 Å². The molecular formula is C13H18FN3O. The van der Waals surface area contributed by atoms with Gasteiger partial charge >= 0.3 is 0 Å². The first kappa shape index (κ1) is 12.8. The van der Waals surface area contributed by atoms with E-state index in [9.17, 15) is 9.18 Å². The van der Waals surface area contributed by atoms with Gasteiger partial charge in [-0.25, -0.2) is 4.39 Å². The van der Waals surface area contributed by atoms with Crippen LogP contribution in [0.5, 0.6) is 0 Å². The molecule has 18 heavy (non-hydrogen) atoms. The van der Waals surface area contributed by atoms with Crippen molar-refractivity contribution >= 4 is 11.6 Å². The van der Waals surface area contributed by atoms with Crippen LogP contribution in [0.4, 0.5) is 10.1 Å². The molecule has 1 aromatic rings. The van der Waals surface area contributed by atoms with Crippen LogP contribution in [0.25, 0.3) is 0 Å². The minimum Gasteiger partial charge on any atom is -0.372 e. The third-order valence-electron chi connectivity index (χ3n) is 3.51. The number of carbonyl (C=O) groups excluding carboxylic acids is 1. The van der Waals surface area contributed by atoms with Crippen LogP contribution in [0.3, 0.4) is 0 Å². The van der Waals surface area contributed by atoms with Gasteiger partial charge in [0, 0.05) is 19.3 Å². The monoisotopic (exact) mass is 251 g/mol. The third-order valence-corrected chi connectivity index (χ3v) is 3.51. The lowest BCUT2D eigenvalue weighted by atomic mass is 9.93. The Labute approximate surface area is 106 Å². The molecule has 1 unspecified atom stereocenters. The number of halogens is 1. The average molecular weight is 251 g/mol. The molecule has 1 aliphatic rings. The second-order valence-corrected chi connectivity index (χ2v) is 5.01. The lowest BCUT2D eigenvalue weighted by Gasteiger charge is -2.32. The van der Waals surface area contributed by atoms with E-state index in [1.54, 1.807) is 24.1 Å². The molecule has 1 amide bonds. The Morgan fingerprint density at radius 1 is 1.56 bits per heavy atom. The fourth-order valence-electron chi connectivity index (χ4n) is 2.20. The van der Waals surface area contributed by atoms with Crippen LogP contribution in [0.2, 0.25) is 0 Å². The average Bonchev–Trinajstić information content (AvgIpc) is 3.12. The predicted octanol–water partition coefficient (Wildman–Crippen LogP) is 0.855. The molecule has 0 aliphatic heterocycles. The van der Waals surface area contributed by atoms with Crippen LogP contribution in [-0.4, -0.2) is 25.0 Å². The van der Waals surface area contributed by atoms with Gasteiger partial charge in [-0.2, -0.15) is 0 Å². The molecule has 2 rings (SSSR count). The highest BCUT2D eigenvalue weighted by atomic mass is 19.1. The summed E-state index contributed by atoms with van der Waals surface area (Å²) in [7, 11) is 1.78. The lowest BCUT2D eigenvalue weighted by Crippen LogP contribution is -2.60. The number of amides is 1. The largest absolute Gasteiger partial charge is 0.372 e. The number of benzene rings is 1. The molecule has 1 aromatic carbocycles. The highest BCUT2D eigenvalue weighted by Gasteiger charge is 2.47. The molecule has 5 heteroatoms. The molecule has 0 bridgehead atoms. The Morgan fingerprint density at radius 3 is 2.72 bits per heavy atom. The normalized spacial score (nSPS) is 18.2. The van der Waals surface area contributed by atoms with Gasteiger partial charge in [0.25, 0.3) is 0 Å². The van der Waals surface area contributed by atoms with Gasteiger partial charge in [0.05, 0.1) is 0 Å². The molecule has 1 saturated carbocycles.